The summed E-state index contributed by atoms with van der Waals surface area (Å²) in [7, 11) is 1.75. The molecule has 1 aliphatic rings. The molecule has 0 aliphatic heterocycles. The van der Waals surface area contributed by atoms with E-state index in [0.717, 1.165) is 6.42 Å². The number of nitrogens with zero attached hydrogens (tertiary/aromatic N) is 1. The molecule has 1 saturated carbocycles. The Morgan fingerprint density at radius 2 is 2.00 bits per heavy atom. The molecule has 1 rings (SSSR count). The number of carboxylic acid groups (broad SMARTS) is 1. The summed E-state index contributed by atoms with van der Waals surface area (Å²) in [5.74, 6) is -0.195. The summed E-state index contributed by atoms with van der Waals surface area (Å²) in [4.78, 5) is 12.4. The van der Waals surface area contributed by atoms with Crippen molar-refractivity contribution < 1.29 is 15.0 Å². The molecule has 2 unspecified atom stereocenters. The van der Waals surface area contributed by atoms with Gasteiger partial charge in [-0.1, -0.05) is 25.7 Å². The van der Waals surface area contributed by atoms with E-state index in [4.69, 9.17) is 5.11 Å². The molecule has 0 aromatic heterocycles. The number of aliphatic hydroxyl groups is 1. The zero-order valence-corrected chi connectivity index (χ0v) is 10.2. The summed E-state index contributed by atoms with van der Waals surface area (Å²) in [6, 6.07) is -0.529. The summed E-state index contributed by atoms with van der Waals surface area (Å²) in [5.41, 5.74) is 0. The molecule has 4 heteroatoms. The summed E-state index contributed by atoms with van der Waals surface area (Å²) < 4.78 is 0. The zero-order valence-electron chi connectivity index (χ0n) is 10.2. The topological polar surface area (TPSA) is 60.8 Å². The molecule has 2 atom stereocenters. The van der Waals surface area contributed by atoms with Crippen molar-refractivity contribution in [1.29, 1.82) is 0 Å². The van der Waals surface area contributed by atoms with Crippen molar-refractivity contribution >= 4 is 5.97 Å². The van der Waals surface area contributed by atoms with Crippen LogP contribution in [0.5, 0.6) is 0 Å². The van der Waals surface area contributed by atoms with Gasteiger partial charge in [0.2, 0.25) is 0 Å². The molecule has 0 bridgehead atoms. The first-order valence-corrected chi connectivity index (χ1v) is 6.11. The van der Waals surface area contributed by atoms with Crippen LogP contribution in [-0.4, -0.2) is 46.8 Å². The number of rotatable bonds is 6. The van der Waals surface area contributed by atoms with Gasteiger partial charge >= 0.3 is 5.97 Å². The third kappa shape index (κ3) is 4.10. The van der Waals surface area contributed by atoms with E-state index in [0.29, 0.717) is 12.5 Å². The number of aliphatic hydroxyl groups excluding tert-OH is 1. The Labute approximate surface area is 97.3 Å². The fourth-order valence-corrected chi connectivity index (χ4v) is 2.38. The molecule has 0 radical (unpaired) electrons. The average molecular weight is 229 g/mol. The van der Waals surface area contributed by atoms with Gasteiger partial charge in [0, 0.05) is 6.54 Å². The average Bonchev–Trinajstić information content (AvgIpc) is 2.68. The Kier molecular flexibility index (Phi) is 5.22. The van der Waals surface area contributed by atoms with Crippen molar-refractivity contribution in [3.63, 3.8) is 0 Å². The van der Waals surface area contributed by atoms with E-state index in [1.807, 2.05) is 0 Å². The molecule has 0 heterocycles. The van der Waals surface area contributed by atoms with Crippen LogP contribution in [0.3, 0.4) is 0 Å². The van der Waals surface area contributed by atoms with Crippen LogP contribution in [-0.2, 0) is 4.79 Å². The van der Waals surface area contributed by atoms with Crippen molar-refractivity contribution in [3.05, 3.63) is 0 Å². The monoisotopic (exact) mass is 229 g/mol. The minimum absolute atomic E-state index is 0.394. The van der Waals surface area contributed by atoms with Crippen LogP contribution >= 0.6 is 0 Å². The van der Waals surface area contributed by atoms with Gasteiger partial charge in [0.25, 0.3) is 0 Å². The van der Waals surface area contributed by atoms with Crippen LogP contribution in [0.1, 0.15) is 39.0 Å². The van der Waals surface area contributed by atoms with E-state index in [9.17, 15) is 9.90 Å². The van der Waals surface area contributed by atoms with E-state index in [2.05, 4.69) is 0 Å². The Morgan fingerprint density at radius 3 is 2.50 bits per heavy atom. The van der Waals surface area contributed by atoms with E-state index in [1.165, 1.54) is 25.7 Å². The van der Waals surface area contributed by atoms with Crippen LogP contribution < -0.4 is 0 Å². The summed E-state index contributed by atoms with van der Waals surface area (Å²) in [6.07, 6.45) is 5.41. The van der Waals surface area contributed by atoms with Gasteiger partial charge in [0.1, 0.15) is 6.04 Å². The fourth-order valence-electron chi connectivity index (χ4n) is 2.38. The zero-order chi connectivity index (χ0) is 12.1. The number of aliphatic carboxylic acids is 1. The summed E-state index contributed by atoms with van der Waals surface area (Å²) >= 11 is 0. The maximum atomic E-state index is 10.7. The molecule has 0 spiro atoms. The molecule has 1 aliphatic carbocycles. The predicted octanol–water partition coefficient (Wildman–Crippen LogP) is 1.33. The highest BCUT2D eigenvalue weighted by Crippen LogP contribution is 2.28. The van der Waals surface area contributed by atoms with Crippen molar-refractivity contribution in [3.8, 4) is 0 Å². The first kappa shape index (κ1) is 13.5. The lowest BCUT2D eigenvalue weighted by molar-refractivity contribution is -0.142. The Morgan fingerprint density at radius 1 is 1.44 bits per heavy atom. The van der Waals surface area contributed by atoms with E-state index < -0.39 is 18.1 Å². The lowest BCUT2D eigenvalue weighted by Gasteiger charge is -2.25. The van der Waals surface area contributed by atoms with Gasteiger partial charge in [-0.25, -0.2) is 0 Å². The maximum Gasteiger partial charge on any atom is 0.320 e. The van der Waals surface area contributed by atoms with Crippen LogP contribution in [0.25, 0.3) is 0 Å². The third-order valence-electron chi connectivity index (χ3n) is 3.60. The Balaban J connectivity index is 2.26. The molecule has 2 N–H and O–H groups in total. The molecular formula is C12H23NO3. The minimum atomic E-state index is -0.837. The number of likely N-dealkylation sites (N-methyl/N-ethyl adjacent to an activating group) is 1. The van der Waals surface area contributed by atoms with Crippen molar-refractivity contribution in [1.82, 2.24) is 4.90 Å². The second-order valence-corrected chi connectivity index (χ2v) is 4.99. The molecule has 94 valence electrons. The highest BCUT2D eigenvalue weighted by molar-refractivity contribution is 5.72. The summed E-state index contributed by atoms with van der Waals surface area (Å²) in [5, 5.41) is 18.7. The highest BCUT2D eigenvalue weighted by Gasteiger charge is 2.23. The molecule has 1 fully saturated rings. The van der Waals surface area contributed by atoms with Crippen LogP contribution in [0, 0.1) is 5.92 Å². The number of hydrogen-bond donors (Lipinski definition) is 2. The largest absolute Gasteiger partial charge is 0.480 e. The number of carbonyl (C=O) groups is 1. The van der Waals surface area contributed by atoms with Gasteiger partial charge in [-0.2, -0.15) is 0 Å². The van der Waals surface area contributed by atoms with Gasteiger partial charge in [-0.3, -0.25) is 9.69 Å². The first-order chi connectivity index (χ1) is 7.50. The van der Waals surface area contributed by atoms with Crippen molar-refractivity contribution in [2.75, 3.05) is 13.6 Å². The van der Waals surface area contributed by atoms with Crippen molar-refractivity contribution in [2.24, 2.45) is 5.92 Å². The molecule has 0 amide bonds. The normalized spacial score (nSPS) is 21.2. The number of hydrogen-bond acceptors (Lipinski definition) is 3. The molecule has 0 aromatic carbocycles. The standard InChI is InChI=1S/C12H23NO3/c1-9(12(15)16)13(2)8-11(14)7-10-5-3-4-6-10/h9-11,14H,3-8H2,1-2H3,(H,15,16). The Hall–Kier alpha value is -0.610. The van der Waals surface area contributed by atoms with Gasteiger partial charge < -0.3 is 10.2 Å². The van der Waals surface area contributed by atoms with Gasteiger partial charge in [-0.05, 0) is 26.3 Å². The second kappa shape index (κ2) is 6.21. The van der Waals surface area contributed by atoms with E-state index in [1.54, 1.807) is 18.9 Å². The van der Waals surface area contributed by atoms with E-state index in [-0.39, 0.29) is 0 Å². The lowest BCUT2D eigenvalue weighted by atomic mass is 10.00. The third-order valence-corrected chi connectivity index (χ3v) is 3.60. The van der Waals surface area contributed by atoms with E-state index >= 15 is 0 Å². The maximum absolute atomic E-state index is 10.7. The van der Waals surface area contributed by atoms with Gasteiger partial charge in [0.15, 0.2) is 0 Å². The number of carboxylic acids is 1. The molecule has 0 aromatic rings. The molecule has 4 nitrogen and oxygen atoms in total. The lowest BCUT2D eigenvalue weighted by Crippen LogP contribution is -2.40. The van der Waals surface area contributed by atoms with Gasteiger partial charge in [0.05, 0.1) is 6.10 Å². The fraction of sp³-hybridized carbons (Fsp3) is 0.917. The quantitative estimate of drug-likeness (QED) is 0.721. The SMILES string of the molecule is CC(C(=O)O)N(C)CC(O)CC1CCCC1. The van der Waals surface area contributed by atoms with Crippen molar-refractivity contribution in [2.45, 2.75) is 51.2 Å². The van der Waals surface area contributed by atoms with Crippen LogP contribution in [0.4, 0.5) is 0 Å². The second-order valence-electron chi connectivity index (χ2n) is 4.99. The molecular weight excluding hydrogens is 206 g/mol. The smallest absolute Gasteiger partial charge is 0.320 e. The Bertz CT molecular complexity index is 226. The minimum Gasteiger partial charge on any atom is -0.480 e. The highest BCUT2D eigenvalue weighted by atomic mass is 16.4. The van der Waals surface area contributed by atoms with Crippen LogP contribution in [0.15, 0.2) is 0 Å². The van der Waals surface area contributed by atoms with Gasteiger partial charge in [-0.15, -0.1) is 0 Å². The molecule has 16 heavy (non-hydrogen) atoms. The molecule has 0 saturated heterocycles. The first-order valence-electron chi connectivity index (χ1n) is 6.11. The van der Waals surface area contributed by atoms with Crippen LogP contribution in [0.2, 0.25) is 0 Å². The predicted molar refractivity (Wildman–Crippen MR) is 62.3 cm³/mol. The summed E-state index contributed by atoms with van der Waals surface area (Å²) in [6.45, 7) is 2.09.